The molecule has 0 fully saturated rings. The van der Waals surface area contributed by atoms with Gasteiger partial charge >= 0.3 is 11.6 Å². The minimum absolute atomic E-state index is 0.106. The average molecular weight is 353 g/mol. The van der Waals surface area contributed by atoms with Crippen LogP contribution in [0.2, 0.25) is 0 Å². The molecule has 7 heteroatoms. The number of H-pyrrole nitrogens is 1. The van der Waals surface area contributed by atoms with Crippen molar-refractivity contribution in [2.75, 3.05) is 7.11 Å². The van der Waals surface area contributed by atoms with Crippen molar-refractivity contribution in [2.45, 2.75) is 19.3 Å². The third-order valence-electron chi connectivity index (χ3n) is 4.47. The predicted molar refractivity (Wildman–Crippen MR) is 92.9 cm³/mol. The maximum Gasteiger partial charge on any atom is 0.343 e. The van der Waals surface area contributed by atoms with Gasteiger partial charge in [0.2, 0.25) is 0 Å². The predicted octanol–water partition coefficient (Wildman–Crippen LogP) is 2.24. The van der Waals surface area contributed by atoms with Gasteiger partial charge in [0, 0.05) is 23.6 Å². The Hall–Kier alpha value is -3.35. The van der Waals surface area contributed by atoms with E-state index in [0.717, 1.165) is 5.39 Å². The number of benzene rings is 1. The van der Waals surface area contributed by atoms with Crippen molar-refractivity contribution in [3.8, 4) is 11.5 Å². The molecule has 26 heavy (non-hydrogen) atoms. The average Bonchev–Trinajstić information content (AvgIpc) is 2.59. The fourth-order valence-electron chi connectivity index (χ4n) is 3.27. The van der Waals surface area contributed by atoms with E-state index in [4.69, 9.17) is 13.9 Å². The Bertz CT molecular complexity index is 1160. The van der Waals surface area contributed by atoms with E-state index in [-0.39, 0.29) is 23.3 Å². The first-order chi connectivity index (χ1) is 12.5. The summed E-state index contributed by atoms with van der Waals surface area (Å²) in [6.45, 7) is 1.59. The van der Waals surface area contributed by atoms with E-state index in [1.165, 1.54) is 6.07 Å². The van der Waals surface area contributed by atoms with Crippen LogP contribution >= 0.6 is 0 Å². The zero-order valence-electron chi connectivity index (χ0n) is 14.1. The van der Waals surface area contributed by atoms with Crippen molar-refractivity contribution in [1.82, 2.24) is 4.98 Å². The van der Waals surface area contributed by atoms with Crippen molar-refractivity contribution in [3.63, 3.8) is 0 Å². The molecule has 4 rings (SSSR count). The second-order valence-electron chi connectivity index (χ2n) is 6.16. The summed E-state index contributed by atoms with van der Waals surface area (Å²) in [5, 5.41) is 0.761. The van der Waals surface area contributed by atoms with Crippen LogP contribution in [0.1, 0.15) is 29.2 Å². The number of ether oxygens (including phenoxy) is 2. The normalized spacial score (nSPS) is 16.2. The van der Waals surface area contributed by atoms with Gasteiger partial charge in [0.25, 0.3) is 5.56 Å². The summed E-state index contributed by atoms with van der Waals surface area (Å²) in [4.78, 5) is 39.8. The Kier molecular flexibility index (Phi) is 3.64. The highest BCUT2D eigenvalue weighted by Crippen LogP contribution is 2.36. The minimum atomic E-state index is -0.724. The van der Waals surface area contributed by atoms with Crippen molar-refractivity contribution < 1.29 is 18.7 Å². The quantitative estimate of drug-likeness (QED) is 0.710. The lowest BCUT2D eigenvalue weighted by Crippen LogP contribution is -2.30. The van der Waals surface area contributed by atoms with Crippen LogP contribution < -0.4 is 20.7 Å². The van der Waals surface area contributed by atoms with E-state index in [2.05, 4.69) is 4.98 Å². The molecule has 1 aromatic carbocycles. The lowest BCUT2D eigenvalue weighted by atomic mass is 9.87. The fraction of sp³-hybridized carbons (Fsp3) is 0.211. The summed E-state index contributed by atoms with van der Waals surface area (Å²) >= 11 is 0. The van der Waals surface area contributed by atoms with Crippen LogP contribution in [0.15, 0.2) is 44.3 Å². The zero-order valence-corrected chi connectivity index (χ0v) is 14.1. The highest BCUT2D eigenvalue weighted by molar-refractivity contribution is 5.82. The molecule has 7 nitrogen and oxygen atoms in total. The Morgan fingerprint density at radius 3 is 2.73 bits per heavy atom. The van der Waals surface area contributed by atoms with Gasteiger partial charge in [0.05, 0.1) is 24.6 Å². The molecule has 0 unspecified atom stereocenters. The number of hydrogen-bond acceptors (Lipinski definition) is 6. The summed E-state index contributed by atoms with van der Waals surface area (Å²) in [7, 11) is 1.54. The lowest BCUT2D eigenvalue weighted by Gasteiger charge is -2.23. The molecule has 3 heterocycles. The van der Waals surface area contributed by atoms with Crippen LogP contribution in [-0.4, -0.2) is 18.1 Å². The number of carbonyl (C=O) groups excluding carboxylic acids is 1. The molecule has 0 saturated heterocycles. The highest BCUT2D eigenvalue weighted by atomic mass is 16.5. The monoisotopic (exact) mass is 353 g/mol. The van der Waals surface area contributed by atoms with Gasteiger partial charge in [0.1, 0.15) is 17.3 Å². The maximum absolute atomic E-state index is 12.6. The number of aryl methyl sites for hydroxylation is 1. The van der Waals surface area contributed by atoms with Crippen LogP contribution in [0.4, 0.5) is 0 Å². The second kappa shape index (κ2) is 5.87. The Labute approximate surface area is 147 Å². The molecule has 2 aromatic heterocycles. The van der Waals surface area contributed by atoms with Crippen molar-refractivity contribution in [2.24, 2.45) is 0 Å². The summed E-state index contributed by atoms with van der Waals surface area (Å²) in [6, 6.07) is 8.45. The third kappa shape index (κ3) is 2.57. The Morgan fingerprint density at radius 1 is 1.15 bits per heavy atom. The largest absolute Gasteiger partial charge is 0.497 e. The van der Waals surface area contributed by atoms with E-state index in [0.29, 0.717) is 22.6 Å². The molecule has 1 atom stereocenters. The van der Waals surface area contributed by atoms with Gasteiger partial charge in [-0.3, -0.25) is 9.59 Å². The molecular formula is C19H15NO6. The van der Waals surface area contributed by atoms with Crippen LogP contribution in [0.5, 0.6) is 11.5 Å². The zero-order chi connectivity index (χ0) is 18.4. The number of carbonyl (C=O) groups is 1. The summed E-state index contributed by atoms with van der Waals surface area (Å²) in [5.74, 6) is -0.125. The number of aromatic amines is 1. The van der Waals surface area contributed by atoms with Gasteiger partial charge in [-0.25, -0.2) is 4.79 Å². The molecule has 132 valence electrons. The molecule has 0 aliphatic carbocycles. The number of pyridine rings is 1. The number of methoxy groups -OCH3 is 1. The van der Waals surface area contributed by atoms with E-state index in [9.17, 15) is 14.4 Å². The smallest absolute Gasteiger partial charge is 0.343 e. The Balaban J connectivity index is 1.94. The number of fused-ring (bicyclic) bond motifs is 2. The number of hydrogen-bond donors (Lipinski definition) is 1. The molecular weight excluding hydrogens is 338 g/mol. The molecule has 3 aromatic rings. The van der Waals surface area contributed by atoms with E-state index in [1.807, 2.05) is 0 Å². The highest BCUT2D eigenvalue weighted by Gasteiger charge is 2.34. The first-order valence-electron chi connectivity index (χ1n) is 8.02. The number of rotatable bonds is 2. The van der Waals surface area contributed by atoms with Crippen molar-refractivity contribution in [1.29, 1.82) is 0 Å². The minimum Gasteiger partial charge on any atom is -0.497 e. The SMILES string of the molecule is COc1ccc2cc([C@@H]3CC(=O)Oc4cc(C)oc(=O)c43)c(=O)[nH]c2c1. The number of nitrogens with one attached hydrogen (secondary N) is 1. The van der Waals surface area contributed by atoms with E-state index >= 15 is 0 Å². The van der Waals surface area contributed by atoms with E-state index < -0.39 is 17.5 Å². The Morgan fingerprint density at radius 2 is 1.96 bits per heavy atom. The number of aromatic nitrogens is 1. The standard InChI is InChI=1S/C19H15NO6/c1-9-5-15-17(19(23)25-9)12(8-16(21)26-15)13-6-10-3-4-11(24-2)7-14(10)20-18(13)22/h3-7,12H,8H2,1-2H3,(H,20,22)/t12-/m0/s1. The third-order valence-corrected chi connectivity index (χ3v) is 4.47. The summed E-state index contributed by atoms with van der Waals surface area (Å²) < 4.78 is 15.5. The molecule has 0 spiro atoms. The van der Waals surface area contributed by atoms with E-state index in [1.54, 1.807) is 38.3 Å². The molecule has 0 radical (unpaired) electrons. The van der Waals surface area contributed by atoms with Gasteiger partial charge < -0.3 is 18.9 Å². The second-order valence-corrected chi connectivity index (χ2v) is 6.16. The molecule has 0 saturated carbocycles. The number of esters is 1. The van der Waals surface area contributed by atoms with Gasteiger partial charge in [0.15, 0.2) is 0 Å². The van der Waals surface area contributed by atoms with Crippen molar-refractivity contribution in [3.05, 3.63) is 68.0 Å². The summed E-state index contributed by atoms with van der Waals surface area (Å²) in [6.07, 6.45) is -0.106. The maximum atomic E-state index is 12.6. The van der Waals surface area contributed by atoms with Gasteiger partial charge in [-0.1, -0.05) is 0 Å². The molecule has 1 aliphatic heterocycles. The molecule has 0 bridgehead atoms. The van der Waals surface area contributed by atoms with Crippen LogP contribution in [0.3, 0.4) is 0 Å². The van der Waals surface area contributed by atoms with Crippen LogP contribution in [-0.2, 0) is 4.79 Å². The first kappa shape index (κ1) is 16.1. The molecule has 0 amide bonds. The first-order valence-corrected chi connectivity index (χ1v) is 8.02. The van der Waals surface area contributed by atoms with Crippen LogP contribution in [0.25, 0.3) is 10.9 Å². The van der Waals surface area contributed by atoms with Gasteiger partial charge in [-0.05, 0) is 30.5 Å². The van der Waals surface area contributed by atoms with Crippen LogP contribution in [0, 0.1) is 6.92 Å². The lowest BCUT2D eigenvalue weighted by molar-refractivity contribution is -0.135. The van der Waals surface area contributed by atoms with Gasteiger partial charge in [-0.15, -0.1) is 0 Å². The topological polar surface area (TPSA) is 98.6 Å². The van der Waals surface area contributed by atoms with Crippen molar-refractivity contribution >= 4 is 16.9 Å². The molecule has 1 aliphatic rings. The fourth-order valence-corrected chi connectivity index (χ4v) is 3.27. The molecule has 1 N–H and O–H groups in total. The van der Waals surface area contributed by atoms with Gasteiger partial charge in [-0.2, -0.15) is 0 Å². The summed E-state index contributed by atoms with van der Waals surface area (Å²) in [5.41, 5.74) is 0.126.